The predicted molar refractivity (Wildman–Crippen MR) is 71.7 cm³/mol. The summed E-state index contributed by atoms with van der Waals surface area (Å²) in [5, 5.41) is 3.46. The zero-order valence-corrected chi connectivity index (χ0v) is 11.6. The van der Waals surface area contributed by atoms with Crippen molar-refractivity contribution in [2.75, 3.05) is 32.7 Å². The molecule has 0 radical (unpaired) electrons. The molecule has 1 fully saturated rings. The van der Waals surface area contributed by atoms with Gasteiger partial charge in [-0.2, -0.15) is 0 Å². The van der Waals surface area contributed by atoms with Gasteiger partial charge in [-0.05, 0) is 50.2 Å². The summed E-state index contributed by atoms with van der Waals surface area (Å²) in [4.78, 5) is 2.66. The minimum atomic E-state index is 0.792. The molecule has 2 heteroatoms. The molecule has 0 bridgehead atoms. The monoisotopic (exact) mass is 226 g/mol. The van der Waals surface area contributed by atoms with E-state index < -0.39 is 0 Å². The quantitative estimate of drug-likeness (QED) is 0.718. The molecule has 0 spiro atoms. The second-order valence-corrected chi connectivity index (χ2v) is 6.19. The van der Waals surface area contributed by atoms with Gasteiger partial charge in [0.1, 0.15) is 0 Å². The van der Waals surface area contributed by atoms with Crippen molar-refractivity contribution in [2.24, 2.45) is 17.8 Å². The van der Waals surface area contributed by atoms with E-state index in [-0.39, 0.29) is 0 Å². The third kappa shape index (κ3) is 5.86. The average molecular weight is 226 g/mol. The smallest absolute Gasteiger partial charge is 0.000450 e. The average Bonchev–Trinajstić information content (AvgIpc) is 2.64. The van der Waals surface area contributed by atoms with Gasteiger partial charge in [0.15, 0.2) is 0 Å². The van der Waals surface area contributed by atoms with Gasteiger partial charge in [0.2, 0.25) is 0 Å². The lowest BCUT2D eigenvalue weighted by Gasteiger charge is -2.27. The van der Waals surface area contributed by atoms with Crippen molar-refractivity contribution >= 4 is 0 Å². The SMILES string of the molecule is CC(C)CN(CCC1CCNC1)CC(C)C. The second-order valence-electron chi connectivity index (χ2n) is 6.19. The fraction of sp³-hybridized carbons (Fsp3) is 1.00. The Morgan fingerprint density at radius 2 is 1.75 bits per heavy atom. The molecule has 0 aromatic heterocycles. The Labute approximate surface area is 102 Å². The molecule has 0 amide bonds. The van der Waals surface area contributed by atoms with E-state index >= 15 is 0 Å². The predicted octanol–water partition coefficient (Wildman–Crippen LogP) is 2.60. The third-order valence-electron chi connectivity index (χ3n) is 3.26. The van der Waals surface area contributed by atoms with E-state index in [0.717, 1.165) is 17.8 Å². The minimum absolute atomic E-state index is 0.792. The molecule has 1 aliphatic heterocycles. The van der Waals surface area contributed by atoms with E-state index in [0.29, 0.717) is 0 Å². The molecular weight excluding hydrogens is 196 g/mol. The summed E-state index contributed by atoms with van der Waals surface area (Å²) in [6.45, 7) is 15.6. The van der Waals surface area contributed by atoms with Crippen LogP contribution in [0.4, 0.5) is 0 Å². The summed E-state index contributed by atoms with van der Waals surface area (Å²) in [5.74, 6) is 2.52. The maximum absolute atomic E-state index is 3.46. The second kappa shape index (κ2) is 7.29. The molecule has 1 atom stereocenters. The first kappa shape index (κ1) is 14.0. The van der Waals surface area contributed by atoms with Gasteiger partial charge in [-0.15, -0.1) is 0 Å². The highest BCUT2D eigenvalue weighted by Gasteiger charge is 2.16. The highest BCUT2D eigenvalue weighted by Crippen LogP contribution is 2.14. The standard InChI is InChI=1S/C14H30N2/c1-12(2)10-16(11-13(3)4)8-6-14-5-7-15-9-14/h12-15H,5-11H2,1-4H3. The Balaban J connectivity index is 2.24. The van der Waals surface area contributed by atoms with Crippen molar-refractivity contribution in [3.63, 3.8) is 0 Å². The Morgan fingerprint density at radius 3 is 2.19 bits per heavy atom. The van der Waals surface area contributed by atoms with Gasteiger partial charge < -0.3 is 10.2 Å². The van der Waals surface area contributed by atoms with E-state index in [4.69, 9.17) is 0 Å². The molecule has 96 valence electrons. The Kier molecular flexibility index (Phi) is 6.37. The van der Waals surface area contributed by atoms with Crippen LogP contribution in [0.15, 0.2) is 0 Å². The molecule has 2 nitrogen and oxygen atoms in total. The summed E-state index contributed by atoms with van der Waals surface area (Å²) in [7, 11) is 0. The lowest BCUT2D eigenvalue weighted by molar-refractivity contribution is 0.206. The summed E-state index contributed by atoms with van der Waals surface area (Å²) in [5.41, 5.74) is 0. The summed E-state index contributed by atoms with van der Waals surface area (Å²) >= 11 is 0. The molecule has 1 saturated heterocycles. The number of nitrogens with zero attached hydrogens (tertiary/aromatic N) is 1. The van der Waals surface area contributed by atoms with Gasteiger partial charge in [-0.25, -0.2) is 0 Å². The zero-order chi connectivity index (χ0) is 12.0. The fourth-order valence-electron chi connectivity index (χ4n) is 2.62. The van der Waals surface area contributed by atoms with Crippen molar-refractivity contribution in [1.82, 2.24) is 10.2 Å². The number of hydrogen-bond donors (Lipinski definition) is 1. The van der Waals surface area contributed by atoms with Crippen LogP contribution in [-0.4, -0.2) is 37.6 Å². The molecule has 1 unspecified atom stereocenters. The van der Waals surface area contributed by atoms with Gasteiger partial charge in [0.05, 0.1) is 0 Å². The number of hydrogen-bond acceptors (Lipinski definition) is 2. The van der Waals surface area contributed by atoms with Crippen LogP contribution in [0, 0.1) is 17.8 Å². The van der Waals surface area contributed by atoms with Crippen molar-refractivity contribution in [1.29, 1.82) is 0 Å². The van der Waals surface area contributed by atoms with Crippen LogP contribution in [-0.2, 0) is 0 Å². The molecule has 0 aromatic rings. The molecule has 1 N–H and O–H groups in total. The zero-order valence-electron chi connectivity index (χ0n) is 11.6. The van der Waals surface area contributed by atoms with Crippen LogP contribution < -0.4 is 5.32 Å². The van der Waals surface area contributed by atoms with Crippen molar-refractivity contribution in [3.8, 4) is 0 Å². The summed E-state index contributed by atoms with van der Waals surface area (Å²) < 4.78 is 0. The first-order chi connectivity index (χ1) is 7.58. The fourth-order valence-corrected chi connectivity index (χ4v) is 2.62. The van der Waals surface area contributed by atoms with E-state index in [9.17, 15) is 0 Å². The maximum atomic E-state index is 3.46. The molecule has 0 aromatic carbocycles. The first-order valence-corrected chi connectivity index (χ1v) is 7.01. The van der Waals surface area contributed by atoms with Crippen molar-refractivity contribution in [2.45, 2.75) is 40.5 Å². The molecular formula is C14H30N2. The van der Waals surface area contributed by atoms with Crippen LogP contribution in [0.25, 0.3) is 0 Å². The van der Waals surface area contributed by atoms with E-state index in [1.165, 1.54) is 45.6 Å². The van der Waals surface area contributed by atoms with Gasteiger partial charge >= 0.3 is 0 Å². The highest BCUT2D eigenvalue weighted by molar-refractivity contribution is 4.73. The topological polar surface area (TPSA) is 15.3 Å². The van der Waals surface area contributed by atoms with E-state index in [1.54, 1.807) is 0 Å². The van der Waals surface area contributed by atoms with Crippen molar-refractivity contribution in [3.05, 3.63) is 0 Å². The lowest BCUT2D eigenvalue weighted by atomic mass is 10.0. The Hall–Kier alpha value is -0.0800. The molecule has 1 heterocycles. The Morgan fingerprint density at radius 1 is 1.12 bits per heavy atom. The van der Waals surface area contributed by atoms with Gasteiger partial charge in [-0.3, -0.25) is 0 Å². The summed E-state index contributed by atoms with van der Waals surface area (Å²) in [6.07, 6.45) is 2.77. The van der Waals surface area contributed by atoms with Gasteiger partial charge in [0.25, 0.3) is 0 Å². The van der Waals surface area contributed by atoms with Crippen LogP contribution >= 0.6 is 0 Å². The summed E-state index contributed by atoms with van der Waals surface area (Å²) in [6, 6.07) is 0. The van der Waals surface area contributed by atoms with Crippen LogP contribution in [0.5, 0.6) is 0 Å². The highest BCUT2D eigenvalue weighted by atomic mass is 15.1. The van der Waals surface area contributed by atoms with Crippen LogP contribution in [0.3, 0.4) is 0 Å². The normalized spacial score (nSPS) is 21.6. The molecule has 16 heavy (non-hydrogen) atoms. The molecule has 0 saturated carbocycles. The minimum Gasteiger partial charge on any atom is -0.316 e. The Bertz CT molecular complexity index is 162. The molecule has 1 rings (SSSR count). The van der Waals surface area contributed by atoms with E-state index in [2.05, 4.69) is 37.9 Å². The molecule has 0 aliphatic carbocycles. The first-order valence-electron chi connectivity index (χ1n) is 7.01. The van der Waals surface area contributed by atoms with E-state index in [1.807, 2.05) is 0 Å². The van der Waals surface area contributed by atoms with Gasteiger partial charge in [-0.1, -0.05) is 27.7 Å². The third-order valence-corrected chi connectivity index (χ3v) is 3.26. The molecule has 1 aliphatic rings. The lowest BCUT2D eigenvalue weighted by Crippen LogP contribution is -2.33. The number of nitrogens with one attached hydrogen (secondary N) is 1. The maximum Gasteiger partial charge on any atom is 0.000450 e. The van der Waals surface area contributed by atoms with Gasteiger partial charge in [0, 0.05) is 13.1 Å². The largest absolute Gasteiger partial charge is 0.316 e. The van der Waals surface area contributed by atoms with Crippen LogP contribution in [0.1, 0.15) is 40.5 Å². The number of rotatable bonds is 7. The van der Waals surface area contributed by atoms with Crippen LogP contribution in [0.2, 0.25) is 0 Å². The van der Waals surface area contributed by atoms with Crippen molar-refractivity contribution < 1.29 is 0 Å².